The Morgan fingerprint density at radius 1 is 1.09 bits per heavy atom. The number of nitrogens with zero attached hydrogens (tertiary/aromatic N) is 4. The van der Waals surface area contributed by atoms with Gasteiger partial charge in [-0.2, -0.15) is 0 Å². The second-order valence-electron chi connectivity index (χ2n) is 7.90. The Kier molecular flexibility index (Phi) is 6.57. The van der Waals surface area contributed by atoms with Crippen LogP contribution in [-0.4, -0.2) is 81.7 Å². The van der Waals surface area contributed by atoms with Gasteiger partial charge in [-0.05, 0) is 31.0 Å². The molecule has 2 aliphatic rings. The molecule has 3 heterocycles. The van der Waals surface area contributed by atoms with E-state index in [1.807, 2.05) is 0 Å². The van der Waals surface area contributed by atoms with Gasteiger partial charge in [-0.25, -0.2) is 14.4 Å². The van der Waals surface area contributed by atoms with Gasteiger partial charge in [-0.15, -0.1) is 0 Å². The summed E-state index contributed by atoms with van der Waals surface area (Å²) in [4.78, 5) is 61.8. The number of amides is 4. The molecule has 33 heavy (non-hydrogen) atoms. The molecule has 2 fully saturated rings. The van der Waals surface area contributed by atoms with Crippen molar-refractivity contribution >= 4 is 23.6 Å². The summed E-state index contributed by atoms with van der Waals surface area (Å²) in [6.45, 7) is 0.682. The van der Waals surface area contributed by atoms with Crippen molar-refractivity contribution in [2.75, 3.05) is 26.2 Å². The molecule has 2 unspecified atom stereocenters. The monoisotopic (exact) mass is 454 g/mol. The van der Waals surface area contributed by atoms with Gasteiger partial charge >= 0.3 is 0 Å². The fourth-order valence-electron chi connectivity index (χ4n) is 3.99. The molecule has 10 nitrogen and oxygen atoms in total. The molecule has 2 aliphatic heterocycles. The van der Waals surface area contributed by atoms with Crippen LogP contribution in [0.4, 0.5) is 4.39 Å². The van der Waals surface area contributed by atoms with E-state index in [-0.39, 0.29) is 42.6 Å². The predicted molar refractivity (Wildman–Crippen MR) is 113 cm³/mol. The van der Waals surface area contributed by atoms with Crippen LogP contribution in [0.25, 0.3) is 0 Å². The summed E-state index contributed by atoms with van der Waals surface area (Å²) in [5, 5.41) is 5.40. The Hall–Kier alpha value is -3.89. The smallest absolute Gasteiger partial charge is 0.257 e. The molecule has 0 aliphatic carbocycles. The van der Waals surface area contributed by atoms with Gasteiger partial charge < -0.3 is 20.4 Å². The van der Waals surface area contributed by atoms with Gasteiger partial charge in [0.1, 0.15) is 24.2 Å². The van der Waals surface area contributed by atoms with Crippen molar-refractivity contribution in [2.45, 2.75) is 24.9 Å². The van der Waals surface area contributed by atoms with Gasteiger partial charge in [0.25, 0.3) is 11.8 Å². The van der Waals surface area contributed by atoms with Crippen molar-refractivity contribution in [3.8, 4) is 0 Å². The number of hydrogen-bond acceptors (Lipinski definition) is 6. The van der Waals surface area contributed by atoms with Crippen LogP contribution in [0.1, 0.15) is 33.6 Å². The first kappa shape index (κ1) is 22.3. The molecule has 0 radical (unpaired) electrons. The van der Waals surface area contributed by atoms with Gasteiger partial charge in [0.2, 0.25) is 11.8 Å². The molecule has 0 bridgehead atoms. The third-order valence-electron chi connectivity index (χ3n) is 5.71. The lowest BCUT2D eigenvalue weighted by Gasteiger charge is -2.41. The molecule has 1 aromatic heterocycles. The molecular weight excluding hydrogens is 431 g/mol. The van der Waals surface area contributed by atoms with Gasteiger partial charge in [0, 0.05) is 37.6 Å². The van der Waals surface area contributed by atoms with Crippen molar-refractivity contribution in [1.29, 1.82) is 0 Å². The highest BCUT2D eigenvalue weighted by atomic mass is 19.1. The van der Waals surface area contributed by atoms with Crippen molar-refractivity contribution in [3.63, 3.8) is 0 Å². The third-order valence-corrected chi connectivity index (χ3v) is 5.71. The molecule has 2 aromatic rings. The quantitative estimate of drug-likeness (QED) is 0.669. The van der Waals surface area contributed by atoms with Crippen molar-refractivity contribution in [3.05, 3.63) is 59.9 Å². The van der Waals surface area contributed by atoms with E-state index in [4.69, 9.17) is 0 Å². The zero-order valence-electron chi connectivity index (χ0n) is 17.7. The fraction of sp³-hybridized carbons (Fsp3) is 0.364. The standard InChI is InChI=1S/C22H23FN6O4/c23-16-4-1-3-14(9-16)22(33)29-8-7-28(21(32)15-10-24-13-25-11-15)12-18(29)20(31)27-17-5-2-6-26-19(17)30/h1,3-4,9-11,13,17-18H,2,5-8,12H2,(H,26,30)(H,27,31). The van der Waals surface area contributed by atoms with Crippen molar-refractivity contribution in [2.24, 2.45) is 0 Å². The average molecular weight is 454 g/mol. The topological polar surface area (TPSA) is 125 Å². The number of aromatic nitrogens is 2. The van der Waals surface area contributed by atoms with E-state index < -0.39 is 29.7 Å². The van der Waals surface area contributed by atoms with E-state index in [0.29, 0.717) is 19.4 Å². The van der Waals surface area contributed by atoms with Crippen LogP contribution in [0.2, 0.25) is 0 Å². The normalized spacial score (nSPS) is 20.7. The molecule has 11 heteroatoms. The lowest BCUT2D eigenvalue weighted by Crippen LogP contribution is -2.63. The number of benzene rings is 1. The summed E-state index contributed by atoms with van der Waals surface area (Å²) in [7, 11) is 0. The van der Waals surface area contributed by atoms with Gasteiger partial charge in [0.05, 0.1) is 12.1 Å². The van der Waals surface area contributed by atoms with Crippen LogP contribution in [0.5, 0.6) is 0 Å². The first-order valence-corrected chi connectivity index (χ1v) is 10.6. The second-order valence-corrected chi connectivity index (χ2v) is 7.90. The Balaban J connectivity index is 1.57. The lowest BCUT2D eigenvalue weighted by molar-refractivity contribution is -0.133. The summed E-state index contributed by atoms with van der Waals surface area (Å²) in [5.74, 6) is -2.32. The number of halogens is 1. The minimum atomic E-state index is -1.06. The largest absolute Gasteiger partial charge is 0.354 e. The summed E-state index contributed by atoms with van der Waals surface area (Å²) in [6, 6.07) is 3.43. The number of hydrogen-bond donors (Lipinski definition) is 2. The van der Waals surface area contributed by atoms with Gasteiger partial charge in [-0.3, -0.25) is 19.2 Å². The number of carbonyl (C=O) groups is 4. The Labute approximate surface area is 189 Å². The molecule has 2 saturated heterocycles. The SMILES string of the molecule is O=C1NCCCC1NC(=O)C1CN(C(=O)c2cncnc2)CCN1C(=O)c1cccc(F)c1. The molecular formula is C22H23FN6O4. The maximum atomic E-state index is 13.7. The van der Waals surface area contributed by atoms with E-state index in [1.54, 1.807) is 0 Å². The van der Waals surface area contributed by atoms with E-state index in [2.05, 4.69) is 20.6 Å². The van der Waals surface area contributed by atoms with E-state index in [1.165, 1.54) is 46.7 Å². The number of piperidine rings is 1. The number of rotatable bonds is 4. The first-order chi connectivity index (χ1) is 15.9. The van der Waals surface area contributed by atoms with Crippen LogP contribution < -0.4 is 10.6 Å². The summed E-state index contributed by atoms with van der Waals surface area (Å²) in [6.07, 6.45) is 5.25. The molecule has 4 rings (SSSR count). The highest BCUT2D eigenvalue weighted by molar-refractivity contribution is 6.00. The first-order valence-electron chi connectivity index (χ1n) is 10.6. The maximum Gasteiger partial charge on any atom is 0.257 e. The van der Waals surface area contributed by atoms with Crippen molar-refractivity contribution in [1.82, 2.24) is 30.4 Å². The maximum absolute atomic E-state index is 13.7. The lowest BCUT2D eigenvalue weighted by atomic mass is 10.0. The Morgan fingerprint density at radius 2 is 1.88 bits per heavy atom. The van der Waals surface area contributed by atoms with E-state index in [9.17, 15) is 23.6 Å². The van der Waals surface area contributed by atoms with Crippen LogP contribution >= 0.6 is 0 Å². The molecule has 1 aromatic carbocycles. The Bertz CT molecular complexity index is 1070. The molecule has 172 valence electrons. The molecule has 0 spiro atoms. The minimum Gasteiger partial charge on any atom is -0.354 e. The van der Waals surface area contributed by atoms with Crippen LogP contribution in [0.3, 0.4) is 0 Å². The van der Waals surface area contributed by atoms with E-state index >= 15 is 0 Å². The minimum absolute atomic E-state index is 0.0593. The molecule has 0 saturated carbocycles. The number of carbonyl (C=O) groups excluding carboxylic acids is 4. The predicted octanol–water partition coefficient (Wildman–Crippen LogP) is -0.0227. The highest BCUT2D eigenvalue weighted by Crippen LogP contribution is 2.18. The second kappa shape index (κ2) is 9.72. The zero-order valence-corrected chi connectivity index (χ0v) is 17.7. The van der Waals surface area contributed by atoms with Crippen molar-refractivity contribution < 1.29 is 23.6 Å². The Morgan fingerprint density at radius 3 is 2.61 bits per heavy atom. The summed E-state index contributed by atoms with van der Waals surface area (Å²) >= 11 is 0. The molecule has 2 atom stereocenters. The highest BCUT2D eigenvalue weighted by Gasteiger charge is 2.39. The van der Waals surface area contributed by atoms with Gasteiger partial charge in [-0.1, -0.05) is 6.07 Å². The fourth-order valence-corrected chi connectivity index (χ4v) is 3.99. The summed E-state index contributed by atoms with van der Waals surface area (Å²) < 4.78 is 13.7. The third kappa shape index (κ3) is 4.97. The number of nitrogens with one attached hydrogen (secondary N) is 2. The summed E-state index contributed by atoms with van der Waals surface area (Å²) in [5.41, 5.74) is 0.354. The zero-order chi connectivity index (χ0) is 23.4. The van der Waals surface area contributed by atoms with Crippen LogP contribution in [-0.2, 0) is 9.59 Å². The number of piperazine rings is 1. The van der Waals surface area contributed by atoms with Crippen LogP contribution in [0.15, 0.2) is 43.0 Å². The van der Waals surface area contributed by atoms with E-state index in [0.717, 1.165) is 6.07 Å². The van der Waals surface area contributed by atoms with Gasteiger partial charge in [0.15, 0.2) is 0 Å². The van der Waals surface area contributed by atoms with Crippen LogP contribution in [0, 0.1) is 5.82 Å². The average Bonchev–Trinajstić information content (AvgIpc) is 2.84. The molecule has 2 N–H and O–H groups in total. The molecule has 4 amide bonds.